The van der Waals surface area contributed by atoms with Crippen molar-refractivity contribution in [1.82, 2.24) is 9.97 Å². The lowest BCUT2D eigenvalue weighted by Crippen LogP contribution is -2.29. The van der Waals surface area contributed by atoms with Gasteiger partial charge in [-0.15, -0.1) is 0 Å². The normalized spacial score (nSPS) is 10.5. The zero-order valence-corrected chi connectivity index (χ0v) is 10.6. The average molecular weight is 293 g/mol. The predicted octanol–water partition coefficient (Wildman–Crippen LogP) is -0.744. The van der Waals surface area contributed by atoms with E-state index in [1.807, 2.05) is 0 Å². The highest BCUT2D eigenvalue weighted by Crippen LogP contribution is 2.13. The molecule has 1 heterocycles. The molecule has 0 aliphatic carbocycles. The van der Waals surface area contributed by atoms with Crippen molar-refractivity contribution < 1.29 is 19.4 Å². The van der Waals surface area contributed by atoms with Crippen LogP contribution in [-0.4, -0.2) is 40.2 Å². The molecule has 0 fully saturated rings. The van der Waals surface area contributed by atoms with Gasteiger partial charge in [0.25, 0.3) is 0 Å². The Balaban J connectivity index is 2.10. The number of amides is 1. The molecule has 1 aromatic heterocycles. The number of carbonyl (C=O) groups excluding carboxylic acids is 1. The second-order valence-corrected chi connectivity index (χ2v) is 4.10. The van der Waals surface area contributed by atoms with Gasteiger partial charge in [0.05, 0.1) is 11.0 Å². The molecule has 1 amide bonds. The third-order valence-corrected chi connectivity index (χ3v) is 2.46. The zero-order chi connectivity index (χ0) is 15.4. The van der Waals surface area contributed by atoms with Crippen LogP contribution in [0, 0.1) is 0 Å². The van der Waals surface area contributed by atoms with E-state index in [2.05, 4.69) is 20.0 Å². The van der Waals surface area contributed by atoms with E-state index < -0.39 is 36.2 Å². The summed E-state index contributed by atoms with van der Waals surface area (Å²) in [7, 11) is 0. The van der Waals surface area contributed by atoms with Crippen molar-refractivity contribution in [2.24, 2.45) is 0 Å². The van der Waals surface area contributed by atoms with Crippen LogP contribution in [0.25, 0.3) is 11.0 Å². The number of aromatic amines is 2. The van der Waals surface area contributed by atoms with E-state index in [0.29, 0.717) is 16.7 Å². The van der Waals surface area contributed by atoms with Gasteiger partial charge in [0.1, 0.15) is 13.2 Å². The molecule has 0 spiro atoms. The van der Waals surface area contributed by atoms with Crippen molar-refractivity contribution in [3.05, 3.63) is 38.9 Å². The molecule has 0 radical (unpaired) electrons. The minimum atomic E-state index is -1.17. The Bertz CT molecular complexity index is 806. The number of fused-ring (bicyclic) bond motifs is 1. The number of hydrogen-bond acceptors (Lipinski definition) is 5. The minimum absolute atomic E-state index is 0.351. The number of carboxylic acid groups (broad SMARTS) is 1. The summed E-state index contributed by atoms with van der Waals surface area (Å²) in [6.07, 6.45) is 0. The first kappa shape index (κ1) is 14.5. The largest absolute Gasteiger partial charge is 0.480 e. The van der Waals surface area contributed by atoms with Gasteiger partial charge in [0, 0.05) is 5.69 Å². The summed E-state index contributed by atoms with van der Waals surface area (Å²) >= 11 is 0. The number of rotatable bonds is 5. The Morgan fingerprint density at radius 1 is 1.10 bits per heavy atom. The monoisotopic (exact) mass is 293 g/mol. The van der Waals surface area contributed by atoms with Gasteiger partial charge in [0.2, 0.25) is 5.91 Å². The summed E-state index contributed by atoms with van der Waals surface area (Å²) in [4.78, 5) is 48.8. The molecular formula is C12H11N3O6. The maximum Gasteiger partial charge on any atom is 0.329 e. The van der Waals surface area contributed by atoms with Crippen LogP contribution in [-0.2, 0) is 14.3 Å². The van der Waals surface area contributed by atoms with Crippen LogP contribution in [0.3, 0.4) is 0 Å². The first-order valence-electron chi connectivity index (χ1n) is 5.81. The molecule has 2 aromatic rings. The summed E-state index contributed by atoms with van der Waals surface area (Å²) in [6, 6.07) is 4.49. The number of hydrogen-bond donors (Lipinski definition) is 4. The third kappa shape index (κ3) is 3.76. The maximum absolute atomic E-state index is 11.5. The number of benzene rings is 1. The van der Waals surface area contributed by atoms with Gasteiger partial charge in [-0.25, -0.2) is 4.79 Å². The van der Waals surface area contributed by atoms with Crippen molar-refractivity contribution in [2.45, 2.75) is 0 Å². The minimum Gasteiger partial charge on any atom is -0.480 e. The Hall–Kier alpha value is -2.94. The van der Waals surface area contributed by atoms with Crippen molar-refractivity contribution in [1.29, 1.82) is 0 Å². The van der Waals surface area contributed by atoms with Crippen molar-refractivity contribution in [2.75, 3.05) is 18.5 Å². The summed E-state index contributed by atoms with van der Waals surface area (Å²) in [6.45, 7) is -0.980. The quantitative estimate of drug-likeness (QED) is 0.535. The van der Waals surface area contributed by atoms with Crippen molar-refractivity contribution in [3.8, 4) is 0 Å². The molecule has 0 unspecified atom stereocenters. The van der Waals surface area contributed by atoms with E-state index in [4.69, 9.17) is 5.11 Å². The summed E-state index contributed by atoms with van der Waals surface area (Å²) in [5, 5.41) is 10.8. The second-order valence-electron chi connectivity index (χ2n) is 4.10. The first-order valence-corrected chi connectivity index (χ1v) is 5.81. The molecule has 9 nitrogen and oxygen atoms in total. The fraction of sp³-hybridized carbons (Fsp3) is 0.167. The summed E-state index contributed by atoms with van der Waals surface area (Å²) < 4.78 is 4.63. The molecule has 0 bridgehead atoms. The second kappa shape index (κ2) is 6.01. The summed E-state index contributed by atoms with van der Waals surface area (Å²) in [5.41, 5.74) is -0.421. The van der Waals surface area contributed by atoms with Crippen LogP contribution in [0.15, 0.2) is 27.8 Å². The van der Waals surface area contributed by atoms with Crippen LogP contribution >= 0.6 is 0 Å². The highest BCUT2D eigenvalue weighted by Gasteiger charge is 2.06. The molecule has 0 saturated carbocycles. The number of H-pyrrole nitrogens is 2. The molecule has 0 aliphatic heterocycles. The Labute approximate surface area is 116 Å². The van der Waals surface area contributed by atoms with Crippen LogP contribution in [0.1, 0.15) is 0 Å². The van der Waals surface area contributed by atoms with Gasteiger partial charge in [-0.2, -0.15) is 0 Å². The Kier molecular flexibility index (Phi) is 4.14. The number of anilines is 1. The van der Waals surface area contributed by atoms with Gasteiger partial charge in [0.15, 0.2) is 0 Å². The SMILES string of the molecule is O=C(O)COCC(=O)Nc1ccc2[nH]c(=O)c(=O)[nH]c2c1. The van der Waals surface area contributed by atoms with Crippen molar-refractivity contribution >= 4 is 28.6 Å². The standard InChI is InChI=1S/C12H11N3O6/c16-9(4-21-5-10(17)18)13-6-1-2-7-8(3-6)15-12(20)11(19)14-7/h1-3H,4-5H2,(H,13,16)(H,14,19)(H,15,20)(H,17,18). The van der Waals surface area contributed by atoms with Crippen LogP contribution in [0.4, 0.5) is 5.69 Å². The van der Waals surface area contributed by atoms with E-state index in [-0.39, 0.29) is 0 Å². The van der Waals surface area contributed by atoms with Gasteiger partial charge in [-0.1, -0.05) is 0 Å². The van der Waals surface area contributed by atoms with E-state index in [9.17, 15) is 19.2 Å². The molecule has 0 atom stereocenters. The smallest absolute Gasteiger partial charge is 0.329 e. The van der Waals surface area contributed by atoms with Crippen molar-refractivity contribution in [3.63, 3.8) is 0 Å². The molecule has 2 rings (SSSR count). The van der Waals surface area contributed by atoms with E-state index in [1.54, 1.807) is 0 Å². The number of ether oxygens (including phenoxy) is 1. The maximum atomic E-state index is 11.5. The van der Waals surface area contributed by atoms with Gasteiger partial charge >= 0.3 is 17.1 Å². The number of carboxylic acids is 1. The molecule has 0 saturated heterocycles. The van der Waals surface area contributed by atoms with Gasteiger partial charge < -0.3 is 25.1 Å². The lowest BCUT2D eigenvalue weighted by atomic mass is 10.2. The van der Waals surface area contributed by atoms with E-state index in [1.165, 1.54) is 18.2 Å². The lowest BCUT2D eigenvalue weighted by Gasteiger charge is -2.06. The molecule has 9 heteroatoms. The predicted molar refractivity (Wildman–Crippen MR) is 72.3 cm³/mol. The third-order valence-electron chi connectivity index (χ3n) is 2.46. The average Bonchev–Trinajstić information content (AvgIpc) is 2.40. The number of carbonyl (C=O) groups is 2. The molecule has 21 heavy (non-hydrogen) atoms. The van der Waals surface area contributed by atoms with Gasteiger partial charge in [-0.05, 0) is 18.2 Å². The van der Waals surface area contributed by atoms with E-state index in [0.717, 1.165) is 0 Å². The zero-order valence-electron chi connectivity index (χ0n) is 10.6. The van der Waals surface area contributed by atoms with Crippen LogP contribution in [0.2, 0.25) is 0 Å². The Morgan fingerprint density at radius 2 is 1.76 bits per heavy atom. The Morgan fingerprint density at radius 3 is 2.43 bits per heavy atom. The highest BCUT2D eigenvalue weighted by atomic mass is 16.5. The fourth-order valence-electron chi connectivity index (χ4n) is 1.62. The molecule has 110 valence electrons. The lowest BCUT2D eigenvalue weighted by molar-refractivity contribution is -0.143. The summed E-state index contributed by atoms with van der Waals surface area (Å²) in [5.74, 6) is -1.71. The topological polar surface area (TPSA) is 141 Å². The molecule has 4 N–H and O–H groups in total. The first-order chi connectivity index (χ1) is 9.95. The molecule has 0 aliphatic rings. The number of aromatic nitrogens is 2. The number of nitrogens with one attached hydrogen (secondary N) is 3. The molecular weight excluding hydrogens is 282 g/mol. The molecule has 1 aromatic carbocycles. The fourth-order valence-corrected chi connectivity index (χ4v) is 1.62. The number of aliphatic carboxylic acids is 1. The van der Waals surface area contributed by atoms with Gasteiger partial charge in [-0.3, -0.25) is 14.4 Å². The van der Waals surface area contributed by atoms with Crippen LogP contribution < -0.4 is 16.4 Å². The highest BCUT2D eigenvalue weighted by molar-refractivity contribution is 5.93. The van der Waals surface area contributed by atoms with Crippen LogP contribution in [0.5, 0.6) is 0 Å². The van der Waals surface area contributed by atoms with E-state index >= 15 is 0 Å².